The number of aryl methyl sites for hydroxylation is 3. The van der Waals surface area contributed by atoms with Gasteiger partial charge in [0.15, 0.2) is 5.65 Å². The van der Waals surface area contributed by atoms with Crippen molar-refractivity contribution in [2.45, 2.75) is 27.7 Å². The second-order valence-corrected chi connectivity index (χ2v) is 5.94. The van der Waals surface area contributed by atoms with Crippen molar-refractivity contribution in [2.75, 3.05) is 0 Å². The SMILES string of the molecule is C=Cc1c(C)cc(C)c(C)c1-c1ccc2c(C)nc(C#N)nc2n1. The lowest BCUT2D eigenvalue weighted by Gasteiger charge is -2.15. The van der Waals surface area contributed by atoms with Crippen molar-refractivity contribution < 1.29 is 0 Å². The molecule has 0 amide bonds. The minimum absolute atomic E-state index is 0.144. The van der Waals surface area contributed by atoms with Gasteiger partial charge in [-0.15, -0.1) is 0 Å². The molecule has 2 aromatic heterocycles. The monoisotopic (exact) mass is 314 g/mol. The molecular formula is C20H18N4. The Kier molecular flexibility index (Phi) is 3.86. The van der Waals surface area contributed by atoms with Crippen molar-refractivity contribution >= 4 is 17.1 Å². The molecule has 0 saturated heterocycles. The summed E-state index contributed by atoms with van der Waals surface area (Å²) in [6.07, 6.45) is 1.87. The highest BCUT2D eigenvalue weighted by Gasteiger charge is 2.14. The van der Waals surface area contributed by atoms with E-state index in [1.54, 1.807) is 0 Å². The summed E-state index contributed by atoms with van der Waals surface area (Å²) >= 11 is 0. The van der Waals surface area contributed by atoms with Gasteiger partial charge in [0.25, 0.3) is 0 Å². The van der Waals surface area contributed by atoms with E-state index in [-0.39, 0.29) is 5.82 Å². The van der Waals surface area contributed by atoms with E-state index in [9.17, 15) is 0 Å². The lowest BCUT2D eigenvalue weighted by atomic mass is 9.91. The Labute approximate surface area is 141 Å². The molecule has 1 aromatic carbocycles. The Balaban J connectivity index is 2.36. The molecule has 0 spiro atoms. The summed E-state index contributed by atoms with van der Waals surface area (Å²) in [6, 6.07) is 8.11. The molecule has 118 valence electrons. The van der Waals surface area contributed by atoms with Gasteiger partial charge in [-0.05, 0) is 62.1 Å². The Morgan fingerprint density at radius 3 is 2.46 bits per heavy atom. The quantitative estimate of drug-likeness (QED) is 0.701. The molecule has 0 aliphatic rings. The fraction of sp³-hybridized carbons (Fsp3) is 0.200. The predicted molar refractivity (Wildman–Crippen MR) is 96.5 cm³/mol. The second-order valence-electron chi connectivity index (χ2n) is 5.94. The lowest BCUT2D eigenvalue weighted by molar-refractivity contribution is 1.08. The molecule has 4 heteroatoms. The van der Waals surface area contributed by atoms with E-state index in [0.29, 0.717) is 5.65 Å². The zero-order valence-electron chi connectivity index (χ0n) is 14.3. The number of nitriles is 1. The number of pyridine rings is 1. The van der Waals surface area contributed by atoms with Crippen molar-refractivity contribution in [1.82, 2.24) is 15.0 Å². The van der Waals surface area contributed by atoms with Gasteiger partial charge >= 0.3 is 0 Å². The van der Waals surface area contributed by atoms with Crippen LogP contribution >= 0.6 is 0 Å². The van der Waals surface area contributed by atoms with E-state index in [1.165, 1.54) is 16.7 Å². The third kappa shape index (κ3) is 2.44. The maximum atomic E-state index is 9.09. The predicted octanol–water partition coefficient (Wildman–Crippen LogP) is 4.44. The summed E-state index contributed by atoms with van der Waals surface area (Å²) < 4.78 is 0. The molecule has 0 aliphatic carbocycles. The van der Waals surface area contributed by atoms with E-state index < -0.39 is 0 Å². The molecule has 0 N–H and O–H groups in total. The third-order valence-electron chi connectivity index (χ3n) is 4.40. The lowest BCUT2D eigenvalue weighted by Crippen LogP contribution is -2.00. The highest BCUT2D eigenvalue weighted by Crippen LogP contribution is 2.32. The molecule has 24 heavy (non-hydrogen) atoms. The third-order valence-corrected chi connectivity index (χ3v) is 4.40. The summed E-state index contributed by atoms with van der Waals surface area (Å²) in [5.41, 5.74) is 7.85. The largest absolute Gasteiger partial charge is 0.234 e. The number of hydrogen-bond acceptors (Lipinski definition) is 4. The van der Waals surface area contributed by atoms with Gasteiger partial charge in [0, 0.05) is 10.9 Å². The van der Waals surface area contributed by atoms with Crippen molar-refractivity contribution in [3.05, 3.63) is 58.6 Å². The number of nitrogens with zero attached hydrogens (tertiary/aromatic N) is 4. The molecular weight excluding hydrogens is 296 g/mol. The average molecular weight is 314 g/mol. The van der Waals surface area contributed by atoms with Gasteiger partial charge in [0.2, 0.25) is 5.82 Å². The molecule has 0 aliphatic heterocycles. The van der Waals surface area contributed by atoms with E-state index in [1.807, 2.05) is 31.2 Å². The van der Waals surface area contributed by atoms with Crippen LogP contribution in [0.25, 0.3) is 28.4 Å². The first kappa shape index (κ1) is 15.8. The summed E-state index contributed by atoms with van der Waals surface area (Å²) in [6.45, 7) is 12.1. The number of benzene rings is 1. The van der Waals surface area contributed by atoms with Gasteiger partial charge in [-0.3, -0.25) is 0 Å². The highest BCUT2D eigenvalue weighted by atomic mass is 14.9. The molecule has 0 atom stereocenters. The highest BCUT2D eigenvalue weighted by molar-refractivity contribution is 5.84. The van der Waals surface area contributed by atoms with Gasteiger partial charge in [-0.25, -0.2) is 9.97 Å². The summed E-state index contributed by atoms with van der Waals surface area (Å²) in [5.74, 6) is 0.144. The Hall–Kier alpha value is -3.06. The Morgan fingerprint density at radius 1 is 1.04 bits per heavy atom. The van der Waals surface area contributed by atoms with E-state index in [0.717, 1.165) is 27.9 Å². The van der Waals surface area contributed by atoms with Crippen molar-refractivity contribution in [1.29, 1.82) is 5.26 Å². The first-order valence-corrected chi connectivity index (χ1v) is 7.75. The fourth-order valence-electron chi connectivity index (χ4n) is 3.05. The van der Waals surface area contributed by atoms with Crippen molar-refractivity contribution in [2.24, 2.45) is 0 Å². The molecule has 0 radical (unpaired) electrons. The van der Waals surface area contributed by atoms with E-state index in [4.69, 9.17) is 10.2 Å². The number of hydrogen-bond donors (Lipinski definition) is 0. The van der Waals surface area contributed by atoms with Crippen LogP contribution in [0, 0.1) is 39.0 Å². The van der Waals surface area contributed by atoms with Gasteiger partial charge < -0.3 is 0 Å². The normalized spacial score (nSPS) is 10.6. The molecule has 3 rings (SSSR count). The van der Waals surface area contributed by atoms with Gasteiger partial charge in [0.1, 0.15) is 6.07 Å². The first-order valence-electron chi connectivity index (χ1n) is 7.75. The second kappa shape index (κ2) is 5.86. The summed E-state index contributed by atoms with van der Waals surface area (Å²) in [5, 5.41) is 9.95. The molecule has 2 heterocycles. The molecule has 0 saturated carbocycles. The van der Waals surface area contributed by atoms with Crippen LogP contribution in [0.3, 0.4) is 0 Å². The molecule has 0 fully saturated rings. The van der Waals surface area contributed by atoms with Gasteiger partial charge in [-0.1, -0.05) is 18.7 Å². The van der Waals surface area contributed by atoms with Crippen LogP contribution in [0.1, 0.15) is 33.8 Å². The van der Waals surface area contributed by atoms with Crippen LogP contribution < -0.4 is 0 Å². The zero-order chi connectivity index (χ0) is 17.4. The minimum Gasteiger partial charge on any atom is -0.228 e. The number of fused-ring (bicyclic) bond motifs is 1. The zero-order valence-corrected chi connectivity index (χ0v) is 14.3. The maximum Gasteiger partial charge on any atom is 0.234 e. The Morgan fingerprint density at radius 2 is 1.79 bits per heavy atom. The topological polar surface area (TPSA) is 62.5 Å². The van der Waals surface area contributed by atoms with Crippen LogP contribution in [-0.2, 0) is 0 Å². The van der Waals surface area contributed by atoms with Gasteiger partial charge in [0.05, 0.1) is 11.4 Å². The minimum atomic E-state index is 0.144. The van der Waals surface area contributed by atoms with Crippen LogP contribution in [0.4, 0.5) is 0 Å². The maximum absolute atomic E-state index is 9.09. The van der Waals surface area contributed by atoms with Gasteiger partial charge in [-0.2, -0.15) is 10.2 Å². The Bertz CT molecular complexity index is 1030. The number of rotatable bonds is 2. The van der Waals surface area contributed by atoms with Crippen LogP contribution in [0.5, 0.6) is 0 Å². The van der Waals surface area contributed by atoms with E-state index in [2.05, 4.69) is 43.4 Å². The molecule has 4 nitrogen and oxygen atoms in total. The van der Waals surface area contributed by atoms with Crippen LogP contribution in [0.2, 0.25) is 0 Å². The number of aromatic nitrogens is 3. The fourth-order valence-corrected chi connectivity index (χ4v) is 3.05. The summed E-state index contributed by atoms with van der Waals surface area (Å²) in [4.78, 5) is 13.2. The van der Waals surface area contributed by atoms with E-state index >= 15 is 0 Å². The van der Waals surface area contributed by atoms with Crippen molar-refractivity contribution in [3.8, 4) is 17.3 Å². The van der Waals surface area contributed by atoms with Crippen LogP contribution in [-0.4, -0.2) is 15.0 Å². The van der Waals surface area contributed by atoms with Crippen LogP contribution in [0.15, 0.2) is 24.8 Å². The first-order chi connectivity index (χ1) is 11.5. The summed E-state index contributed by atoms with van der Waals surface area (Å²) in [7, 11) is 0. The standard InChI is InChI=1S/C20H18N4/c1-6-15-12(3)9-11(2)13(4)19(15)17-8-7-16-14(5)22-18(10-21)24-20(16)23-17/h6-9H,1H2,2-5H3. The molecule has 0 unspecified atom stereocenters. The van der Waals surface area contributed by atoms with Crippen molar-refractivity contribution in [3.63, 3.8) is 0 Å². The smallest absolute Gasteiger partial charge is 0.228 e. The molecule has 0 bridgehead atoms. The average Bonchev–Trinajstić information content (AvgIpc) is 2.57. The molecule has 3 aromatic rings.